The number of aryl methyl sites for hydroxylation is 1. The summed E-state index contributed by atoms with van der Waals surface area (Å²) in [6, 6.07) is 5.48. The van der Waals surface area contributed by atoms with Crippen LogP contribution in [0.4, 0.5) is 20.2 Å². The maximum absolute atomic E-state index is 13.1. The fourth-order valence-electron chi connectivity index (χ4n) is 2.02. The second-order valence-corrected chi connectivity index (χ2v) is 5.01. The molecule has 0 aliphatic heterocycles. The number of amides is 1. The highest BCUT2D eigenvalue weighted by Crippen LogP contribution is 2.32. The fourth-order valence-corrected chi connectivity index (χ4v) is 2.02. The molecule has 0 radical (unpaired) electrons. The number of rotatable bonds is 6. The Morgan fingerprint density at radius 3 is 2.56 bits per heavy atom. The molecule has 0 aliphatic rings. The predicted octanol–water partition coefficient (Wildman–Crippen LogP) is 3.21. The zero-order valence-corrected chi connectivity index (χ0v) is 13.3. The van der Waals surface area contributed by atoms with Crippen molar-refractivity contribution in [1.29, 1.82) is 0 Å². The topological polar surface area (TPSA) is 90.7 Å². The van der Waals surface area contributed by atoms with Crippen LogP contribution in [0.2, 0.25) is 0 Å². The summed E-state index contributed by atoms with van der Waals surface area (Å²) in [5.74, 6) is -2.71. The van der Waals surface area contributed by atoms with E-state index in [0.29, 0.717) is 11.3 Å². The van der Waals surface area contributed by atoms with Gasteiger partial charge in [0.2, 0.25) is 0 Å². The van der Waals surface area contributed by atoms with Crippen LogP contribution in [0.15, 0.2) is 30.3 Å². The monoisotopic (exact) mass is 352 g/mol. The number of anilines is 1. The van der Waals surface area contributed by atoms with Gasteiger partial charge in [0, 0.05) is 23.9 Å². The Labute approximate surface area is 141 Å². The third-order valence-electron chi connectivity index (χ3n) is 3.26. The molecular formula is C16H14F2N2O5. The lowest BCUT2D eigenvalue weighted by atomic mass is 10.1. The van der Waals surface area contributed by atoms with Crippen LogP contribution in [0, 0.1) is 28.7 Å². The van der Waals surface area contributed by atoms with E-state index in [9.17, 15) is 23.7 Å². The first-order valence-corrected chi connectivity index (χ1v) is 7.02. The van der Waals surface area contributed by atoms with Crippen LogP contribution in [0.5, 0.6) is 11.5 Å². The van der Waals surface area contributed by atoms with Crippen molar-refractivity contribution in [3.8, 4) is 11.5 Å². The van der Waals surface area contributed by atoms with E-state index in [0.717, 1.165) is 12.1 Å². The highest BCUT2D eigenvalue weighted by molar-refractivity contribution is 5.93. The molecule has 1 amide bonds. The number of halogens is 2. The standard InChI is InChI=1S/C16H14F2N2O5/c1-9-5-14(20(22)23)15(24-2)7-13(9)19-16(21)8-25-10-3-4-11(17)12(18)6-10/h3-7H,8H2,1-2H3,(H,19,21). The van der Waals surface area contributed by atoms with E-state index in [1.807, 2.05) is 0 Å². The molecule has 0 fully saturated rings. The normalized spacial score (nSPS) is 10.2. The number of methoxy groups -OCH3 is 1. The summed E-state index contributed by atoms with van der Waals surface area (Å²) in [6.07, 6.45) is 0. The summed E-state index contributed by atoms with van der Waals surface area (Å²) in [4.78, 5) is 22.3. The van der Waals surface area contributed by atoms with Crippen molar-refractivity contribution in [3.05, 3.63) is 57.6 Å². The van der Waals surface area contributed by atoms with Crippen molar-refractivity contribution < 1.29 is 28.0 Å². The summed E-state index contributed by atoms with van der Waals surface area (Å²) < 4.78 is 35.9. The smallest absolute Gasteiger partial charge is 0.311 e. The van der Waals surface area contributed by atoms with E-state index in [2.05, 4.69) is 5.32 Å². The number of nitro groups is 1. The van der Waals surface area contributed by atoms with Crippen LogP contribution in [0.25, 0.3) is 0 Å². The molecule has 132 valence electrons. The summed E-state index contributed by atoms with van der Waals surface area (Å²) >= 11 is 0. The number of hydrogen-bond acceptors (Lipinski definition) is 5. The van der Waals surface area contributed by atoms with Crippen molar-refractivity contribution in [1.82, 2.24) is 0 Å². The second kappa shape index (κ2) is 7.56. The van der Waals surface area contributed by atoms with Gasteiger partial charge in [0.1, 0.15) is 5.75 Å². The summed E-state index contributed by atoms with van der Waals surface area (Å²) in [6.45, 7) is 1.13. The lowest BCUT2D eigenvalue weighted by Gasteiger charge is -2.11. The van der Waals surface area contributed by atoms with E-state index in [1.165, 1.54) is 25.3 Å². The molecule has 2 aromatic rings. The molecule has 0 atom stereocenters. The number of nitrogens with zero attached hydrogens (tertiary/aromatic N) is 1. The van der Waals surface area contributed by atoms with Gasteiger partial charge in [-0.05, 0) is 24.6 Å². The second-order valence-electron chi connectivity index (χ2n) is 5.01. The minimum Gasteiger partial charge on any atom is -0.490 e. The Kier molecular flexibility index (Phi) is 5.48. The number of benzene rings is 2. The van der Waals surface area contributed by atoms with Crippen molar-refractivity contribution in [2.24, 2.45) is 0 Å². The average Bonchev–Trinajstić information content (AvgIpc) is 2.57. The molecular weight excluding hydrogens is 338 g/mol. The first-order valence-electron chi connectivity index (χ1n) is 7.02. The van der Waals surface area contributed by atoms with Gasteiger partial charge < -0.3 is 14.8 Å². The Morgan fingerprint density at radius 1 is 1.24 bits per heavy atom. The number of ether oxygens (including phenoxy) is 2. The Hall–Kier alpha value is -3.23. The fraction of sp³-hybridized carbons (Fsp3) is 0.188. The van der Waals surface area contributed by atoms with Crippen LogP contribution in [0.3, 0.4) is 0 Å². The number of hydrogen-bond donors (Lipinski definition) is 1. The molecule has 1 N–H and O–H groups in total. The number of carbonyl (C=O) groups is 1. The van der Waals surface area contributed by atoms with Gasteiger partial charge in [0.25, 0.3) is 5.91 Å². The molecule has 0 saturated carbocycles. The van der Waals surface area contributed by atoms with Crippen LogP contribution in [-0.2, 0) is 4.79 Å². The van der Waals surface area contributed by atoms with E-state index >= 15 is 0 Å². The van der Waals surface area contributed by atoms with Gasteiger partial charge in [-0.15, -0.1) is 0 Å². The highest BCUT2D eigenvalue weighted by atomic mass is 19.2. The van der Waals surface area contributed by atoms with Crippen LogP contribution >= 0.6 is 0 Å². The molecule has 25 heavy (non-hydrogen) atoms. The summed E-state index contributed by atoms with van der Waals surface area (Å²) in [7, 11) is 1.27. The first-order chi connectivity index (χ1) is 11.8. The van der Waals surface area contributed by atoms with Crippen molar-refractivity contribution >= 4 is 17.3 Å². The summed E-state index contributed by atoms with van der Waals surface area (Å²) in [5.41, 5.74) is 0.533. The van der Waals surface area contributed by atoms with E-state index in [-0.39, 0.29) is 17.2 Å². The first kappa shape index (κ1) is 18.1. The van der Waals surface area contributed by atoms with E-state index < -0.39 is 29.1 Å². The van der Waals surface area contributed by atoms with Gasteiger partial charge in [0.05, 0.1) is 12.0 Å². The SMILES string of the molecule is COc1cc(NC(=O)COc2ccc(F)c(F)c2)c(C)cc1[N+](=O)[O-]. The molecule has 9 heteroatoms. The van der Waals surface area contributed by atoms with Crippen molar-refractivity contribution in [2.75, 3.05) is 19.0 Å². The lowest BCUT2D eigenvalue weighted by molar-refractivity contribution is -0.385. The van der Waals surface area contributed by atoms with Gasteiger partial charge in [0.15, 0.2) is 24.0 Å². The van der Waals surface area contributed by atoms with E-state index in [1.54, 1.807) is 6.92 Å². The quantitative estimate of drug-likeness (QED) is 0.637. The van der Waals surface area contributed by atoms with Crippen molar-refractivity contribution in [3.63, 3.8) is 0 Å². The van der Waals surface area contributed by atoms with Crippen LogP contribution in [0.1, 0.15) is 5.56 Å². The molecule has 2 rings (SSSR count). The maximum Gasteiger partial charge on any atom is 0.311 e. The Morgan fingerprint density at radius 2 is 1.96 bits per heavy atom. The highest BCUT2D eigenvalue weighted by Gasteiger charge is 2.18. The number of nitro benzene ring substituents is 1. The molecule has 0 bridgehead atoms. The van der Waals surface area contributed by atoms with Crippen LogP contribution in [-0.4, -0.2) is 24.5 Å². The molecule has 0 aromatic heterocycles. The minimum atomic E-state index is -1.09. The Balaban J connectivity index is 2.07. The molecule has 0 spiro atoms. The molecule has 2 aromatic carbocycles. The largest absolute Gasteiger partial charge is 0.490 e. The van der Waals surface area contributed by atoms with Gasteiger partial charge in [-0.3, -0.25) is 14.9 Å². The molecule has 0 saturated heterocycles. The zero-order valence-electron chi connectivity index (χ0n) is 13.3. The van der Waals surface area contributed by atoms with Gasteiger partial charge in [-0.1, -0.05) is 0 Å². The average molecular weight is 352 g/mol. The third kappa shape index (κ3) is 4.40. The zero-order chi connectivity index (χ0) is 18.6. The number of nitrogens with one attached hydrogen (secondary N) is 1. The Bertz CT molecular complexity index is 826. The van der Waals surface area contributed by atoms with Gasteiger partial charge >= 0.3 is 5.69 Å². The van der Waals surface area contributed by atoms with Crippen molar-refractivity contribution in [2.45, 2.75) is 6.92 Å². The molecule has 0 unspecified atom stereocenters. The summed E-state index contributed by atoms with van der Waals surface area (Å²) in [5, 5.41) is 13.5. The lowest BCUT2D eigenvalue weighted by Crippen LogP contribution is -2.20. The maximum atomic E-state index is 13.1. The third-order valence-corrected chi connectivity index (χ3v) is 3.26. The predicted molar refractivity (Wildman–Crippen MR) is 84.9 cm³/mol. The molecule has 7 nitrogen and oxygen atoms in total. The van der Waals surface area contributed by atoms with Crippen LogP contribution < -0.4 is 14.8 Å². The minimum absolute atomic E-state index is 0.00701. The van der Waals surface area contributed by atoms with Gasteiger partial charge in [-0.2, -0.15) is 0 Å². The molecule has 0 aliphatic carbocycles. The number of carbonyl (C=O) groups excluding carboxylic acids is 1. The van der Waals surface area contributed by atoms with E-state index in [4.69, 9.17) is 9.47 Å². The van der Waals surface area contributed by atoms with Gasteiger partial charge in [-0.25, -0.2) is 8.78 Å². The molecule has 0 heterocycles.